The zero-order valence-electron chi connectivity index (χ0n) is 11.8. The van der Waals surface area contributed by atoms with Crippen LogP contribution in [0.15, 0.2) is 0 Å². The third-order valence-corrected chi connectivity index (χ3v) is 5.02. The first kappa shape index (κ1) is 15.9. The second-order valence-corrected chi connectivity index (χ2v) is 6.92. The summed E-state index contributed by atoms with van der Waals surface area (Å²) in [4.78, 5) is 11.1. The van der Waals surface area contributed by atoms with E-state index in [1.807, 2.05) is 13.8 Å². The first-order chi connectivity index (χ1) is 8.99. The minimum atomic E-state index is -2.93. The van der Waals surface area contributed by atoms with Crippen molar-refractivity contribution in [3.63, 3.8) is 0 Å². The Bertz CT molecular complexity index is 532. The van der Waals surface area contributed by atoms with E-state index in [0.717, 1.165) is 24.1 Å². The van der Waals surface area contributed by atoms with Gasteiger partial charge in [-0.2, -0.15) is 5.10 Å². The number of hydrogen-bond donors (Lipinski definition) is 0. The molecule has 0 unspecified atom stereocenters. The summed E-state index contributed by atoms with van der Waals surface area (Å²) in [7, 11) is -2.93. The summed E-state index contributed by atoms with van der Waals surface area (Å²) < 4.78 is 24.7. The number of carbonyl (C=O) groups excluding carboxylic acids is 1. The molecule has 0 bridgehead atoms. The van der Waals surface area contributed by atoms with Crippen molar-refractivity contribution in [3.8, 4) is 0 Å². The summed E-state index contributed by atoms with van der Waals surface area (Å²) in [6.45, 7) is 6.13. The van der Waals surface area contributed by atoms with E-state index in [0.29, 0.717) is 24.9 Å². The molecule has 0 fully saturated rings. The number of carbonyl (C=O) groups is 1. The monoisotopic (exact) mass is 286 g/mol. The van der Waals surface area contributed by atoms with Crippen LogP contribution in [0, 0.1) is 0 Å². The fraction of sp³-hybridized carbons (Fsp3) is 0.692. The van der Waals surface area contributed by atoms with Crippen LogP contribution in [-0.2, 0) is 29.2 Å². The van der Waals surface area contributed by atoms with Crippen LogP contribution >= 0.6 is 0 Å². The van der Waals surface area contributed by atoms with E-state index >= 15 is 0 Å². The first-order valence-electron chi connectivity index (χ1n) is 6.73. The molecule has 0 aliphatic heterocycles. The third kappa shape index (κ3) is 3.89. The highest BCUT2D eigenvalue weighted by molar-refractivity contribution is 7.91. The van der Waals surface area contributed by atoms with Crippen LogP contribution in [-0.4, -0.2) is 36.0 Å². The lowest BCUT2D eigenvalue weighted by Gasteiger charge is -2.06. The molecule has 0 atom stereocenters. The molecular formula is C13H22N2O3S. The van der Waals surface area contributed by atoms with Crippen LogP contribution in [0.5, 0.6) is 0 Å². The van der Waals surface area contributed by atoms with Gasteiger partial charge in [0.25, 0.3) is 0 Å². The van der Waals surface area contributed by atoms with E-state index in [2.05, 4.69) is 5.10 Å². The van der Waals surface area contributed by atoms with Crippen LogP contribution in [0.25, 0.3) is 0 Å². The lowest BCUT2D eigenvalue weighted by Crippen LogP contribution is -2.13. The zero-order chi connectivity index (χ0) is 14.5. The van der Waals surface area contributed by atoms with Crippen LogP contribution in [0.4, 0.5) is 0 Å². The van der Waals surface area contributed by atoms with Gasteiger partial charge < -0.3 is 0 Å². The smallest absolute Gasteiger partial charge is 0.153 e. The molecule has 19 heavy (non-hydrogen) atoms. The van der Waals surface area contributed by atoms with E-state index in [1.54, 1.807) is 11.6 Å². The quantitative estimate of drug-likeness (QED) is 0.681. The fourth-order valence-corrected chi connectivity index (χ4v) is 2.96. The predicted molar refractivity (Wildman–Crippen MR) is 75.3 cm³/mol. The Morgan fingerprint density at radius 1 is 1.21 bits per heavy atom. The molecule has 5 nitrogen and oxygen atoms in total. The maximum absolute atomic E-state index is 11.4. The molecule has 0 aliphatic carbocycles. The summed E-state index contributed by atoms with van der Waals surface area (Å²) in [5.74, 6) is 0.344. The largest absolute Gasteiger partial charge is 0.298 e. The van der Waals surface area contributed by atoms with E-state index < -0.39 is 9.84 Å². The molecule has 1 aromatic rings. The Hall–Kier alpha value is -1.17. The van der Waals surface area contributed by atoms with Gasteiger partial charge in [0, 0.05) is 18.0 Å². The lowest BCUT2D eigenvalue weighted by molar-refractivity contribution is 0.112. The minimum absolute atomic E-state index is 0.171. The Morgan fingerprint density at radius 2 is 1.89 bits per heavy atom. The van der Waals surface area contributed by atoms with E-state index in [1.165, 1.54) is 0 Å². The summed E-state index contributed by atoms with van der Waals surface area (Å²) in [6.07, 6.45) is 2.82. The number of aryl methyl sites for hydroxylation is 2. The second kappa shape index (κ2) is 6.84. The van der Waals surface area contributed by atoms with E-state index in [-0.39, 0.29) is 11.5 Å². The Morgan fingerprint density at radius 3 is 2.37 bits per heavy atom. The first-order valence-corrected chi connectivity index (χ1v) is 8.55. The predicted octanol–water partition coefficient (Wildman–Crippen LogP) is 1.65. The van der Waals surface area contributed by atoms with E-state index in [4.69, 9.17) is 0 Å². The molecular weight excluding hydrogens is 264 g/mol. The van der Waals surface area contributed by atoms with Crippen LogP contribution < -0.4 is 0 Å². The Labute approximate surface area is 114 Å². The molecule has 0 saturated heterocycles. The van der Waals surface area contributed by atoms with Crippen molar-refractivity contribution in [2.75, 3.05) is 11.5 Å². The standard InChI is InChI=1S/C13H22N2O3S/c1-4-12-11(10-16)13(5-2)15(14-12)8-7-9-19(17,18)6-3/h10H,4-9H2,1-3H3. The van der Waals surface area contributed by atoms with Gasteiger partial charge in [-0.25, -0.2) is 8.42 Å². The molecule has 0 amide bonds. The summed E-state index contributed by atoms with van der Waals surface area (Å²) in [6, 6.07) is 0. The number of aldehydes is 1. The summed E-state index contributed by atoms with van der Waals surface area (Å²) in [5.41, 5.74) is 2.37. The maximum atomic E-state index is 11.4. The highest BCUT2D eigenvalue weighted by Gasteiger charge is 2.15. The van der Waals surface area contributed by atoms with Crippen LogP contribution in [0.3, 0.4) is 0 Å². The fourth-order valence-electron chi connectivity index (χ4n) is 2.10. The van der Waals surface area contributed by atoms with Crippen molar-refractivity contribution in [2.24, 2.45) is 0 Å². The number of nitrogens with zero attached hydrogens (tertiary/aromatic N) is 2. The van der Waals surface area contributed by atoms with Crippen molar-refractivity contribution < 1.29 is 13.2 Å². The van der Waals surface area contributed by atoms with Crippen molar-refractivity contribution in [2.45, 2.75) is 46.6 Å². The van der Waals surface area contributed by atoms with Gasteiger partial charge >= 0.3 is 0 Å². The minimum Gasteiger partial charge on any atom is -0.298 e. The SMILES string of the molecule is CCc1nn(CCCS(=O)(=O)CC)c(CC)c1C=O. The highest BCUT2D eigenvalue weighted by atomic mass is 32.2. The van der Waals surface area contributed by atoms with Crippen molar-refractivity contribution >= 4 is 16.1 Å². The summed E-state index contributed by atoms with van der Waals surface area (Å²) in [5, 5.41) is 4.41. The maximum Gasteiger partial charge on any atom is 0.153 e. The molecule has 0 saturated carbocycles. The van der Waals surface area contributed by atoms with Crippen molar-refractivity contribution in [1.82, 2.24) is 9.78 Å². The Kier molecular flexibility index (Phi) is 5.72. The molecule has 0 aliphatic rings. The lowest BCUT2D eigenvalue weighted by atomic mass is 10.1. The molecule has 6 heteroatoms. The van der Waals surface area contributed by atoms with Crippen molar-refractivity contribution in [1.29, 1.82) is 0 Å². The van der Waals surface area contributed by atoms with Gasteiger partial charge in [0.15, 0.2) is 6.29 Å². The normalized spacial score (nSPS) is 11.7. The highest BCUT2D eigenvalue weighted by Crippen LogP contribution is 2.14. The number of aromatic nitrogens is 2. The molecule has 1 heterocycles. The van der Waals surface area contributed by atoms with Gasteiger partial charge in [-0.3, -0.25) is 9.48 Å². The number of sulfone groups is 1. The van der Waals surface area contributed by atoms with Gasteiger partial charge in [0.05, 0.1) is 17.0 Å². The van der Waals surface area contributed by atoms with Gasteiger partial charge in [0.2, 0.25) is 0 Å². The van der Waals surface area contributed by atoms with Crippen LogP contribution in [0.2, 0.25) is 0 Å². The van der Waals surface area contributed by atoms with Gasteiger partial charge in [0.1, 0.15) is 9.84 Å². The molecule has 1 rings (SSSR count). The molecule has 0 radical (unpaired) electrons. The molecule has 0 spiro atoms. The van der Waals surface area contributed by atoms with Gasteiger partial charge in [-0.05, 0) is 19.3 Å². The van der Waals surface area contributed by atoms with E-state index in [9.17, 15) is 13.2 Å². The van der Waals surface area contributed by atoms with Gasteiger partial charge in [-0.1, -0.05) is 20.8 Å². The zero-order valence-corrected chi connectivity index (χ0v) is 12.7. The second-order valence-electron chi connectivity index (χ2n) is 4.45. The molecule has 1 aromatic heterocycles. The number of rotatable bonds is 8. The molecule has 0 aromatic carbocycles. The molecule has 108 valence electrons. The van der Waals surface area contributed by atoms with Crippen LogP contribution in [0.1, 0.15) is 48.9 Å². The topological polar surface area (TPSA) is 69.0 Å². The average Bonchev–Trinajstić information content (AvgIpc) is 2.75. The summed E-state index contributed by atoms with van der Waals surface area (Å²) >= 11 is 0. The van der Waals surface area contributed by atoms with Gasteiger partial charge in [-0.15, -0.1) is 0 Å². The third-order valence-electron chi connectivity index (χ3n) is 3.23. The van der Waals surface area contributed by atoms with Crippen molar-refractivity contribution in [3.05, 3.63) is 17.0 Å². The average molecular weight is 286 g/mol. The molecule has 0 N–H and O–H groups in total. The Balaban J connectivity index is 2.84. The number of hydrogen-bond acceptors (Lipinski definition) is 4.